The first-order valence-electron chi connectivity index (χ1n) is 6.99. The Morgan fingerprint density at radius 1 is 1.44 bits per heavy atom. The van der Waals surface area contributed by atoms with Crippen LogP contribution in [-0.4, -0.2) is 37.0 Å². The zero-order valence-electron chi connectivity index (χ0n) is 11.6. The van der Waals surface area contributed by atoms with E-state index < -0.39 is 0 Å². The molecule has 2 unspecified atom stereocenters. The Labute approximate surface area is 110 Å². The van der Waals surface area contributed by atoms with E-state index in [1.807, 2.05) is 0 Å². The van der Waals surface area contributed by atoms with Crippen molar-refractivity contribution in [3.05, 3.63) is 0 Å². The fourth-order valence-corrected chi connectivity index (χ4v) is 2.52. The van der Waals surface area contributed by atoms with E-state index in [-0.39, 0.29) is 5.91 Å². The van der Waals surface area contributed by atoms with Crippen LogP contribution in [0.4, 0.5) is 0 Å². The highest BCUT2D eigenvalue weighted by atomic mass is 16.2. The van der Waals surface area contributed by atoms with Gasteiger partial charge >= 0.3 is 0 Å². The van der Waals surface area contributed by atoms with E-state index in [4.69, 9.17) is 5.26 Å². The molecule has 4 heteroatoms. The Kier molecular flexibility index (Phi) is 6.74. The zero-order valence-corrected chi connectivity index (χ0v) is 11.6. The fourth-order valence-electron chi connectivity index (χ4n) is 2.52. The predicted octanol–water partition coefficient (Wildman–Crippen LogP) is 1.92. The molecule has 0 saturated heterocycles. The fraction of sp³-hybridized carbons (Fsp3) is 0.857. The molecule has 1 saturated carbocycles. The first-order valence-corrected chi connectivity index (χ1v) is 6.99. The van der Waals surface area contributed by atoms with E-state index in [9.17, 15) is 4.79 Å². The smallest absolute Gasteiger partial charge is 0.223 e. The van der Waals surface area contributed by atoms with Crippen molar-refractivity contribution in [3.63, 3.8) is 0 Å². The van der Waals surface area contributed by atoms with Crippen LogP contribution >= 0.6 is 0 Å². The van der Waals surface area contributed by atoms with E-state index >= 15 is 0 Å². The number of nitrogens with one attached hydrogen (secondary N) is 1. The average Bonchev–Trinajstić information content (AvgIpc) is 2.38. The molecule has 1 N–H and O–H groups in total. The van der Waals surface area contributed by atoms with Gasteiger partial charge in [0.15, 0.2) is 0 Å². The average molecular weight is 251 g/mol. The lowest BCUT2D eigenvalue weighted by Gasteiger charge is -2.29. The maximum atomic E-state index is 11.7. The van der Waals surface area contributed by atoms with Gasteiger partial charge in [0.2, 0.25) is 5.91 Å². The van der Waals surface area contributed by atoms with Gasteiger partial charge in [0.1, 0.15) is 0 Å². The Morgan fingerprint density at radius 2 is 2.17 bits per heavy atom. The monoisotopic (exact) mass is 251 g/mol. The Bertz CT molecular complexity index is 298. The number of amides is 1. The molecular formula is C14H25N3O. The summed E-state index contributed by atoms with van der Waals surface area (Å²) in [6.45, 7) is 3.58. The summed E-state index contributed by atoms with van der Waals surface area (Å²) in [5.74, 6) is 0.853. The third-order valence-corrected chi connectivity index (χ3v) is 3.84. The number of hydrogen-bond donors (Lipinski definition) is 1. The number of rotatable bonds is 6. The van der Waals surface area contributed by atoms with Crippen LogP contribution < -0.4 is 5.32 Å². The number of nitrogens with zero attached hydrogens (tertiary/aromatic N) is 2. The zero-order chi connectivity index (χ0) is 13.4. The molecule has 0 bridgehead atoms. The normalized spacial score (nSPS) is 23.4. The van der Waals surface area contributed by atoms with Gasteiger partial charge in [-0.25, -0.2) is 0 Å². The minimum atomic E-state index is 0.126. The van der Waals surface area contributed by atoms with E-state index in [0.717, 1.165) is 12.5 Å². The van der Waals surface area contributed by atoms with Crippen LogP contribution in [-0.2, 0) is 4.79 Å². The van der Waals surface area contributed by atoms with Crippen LogP contribution in [0.2, 0.25) is 0 Å². The van der Waals surface area contributed by atoms with Crippen LogP contribution in [0, 0.1) is 17.2 Å². The second-order valence-electron chi connectivity index (χ2n) is 5.30. The van der Waals surface area contributed by atoms with Crippen molar-refractivity contribution in [1.82, 2.24) is 10.2 Å². The largest absolute Gasteiger partial charge is 0.345 e. The summed E-state index contributed by atoms with van der Waals surface area (Å²) >= 11 is 0. The SMILES string of the molecule is CC1CCCCC1NCCC(=O)N(C)CCC#N. The van der Waals surface area contributed by atoms with E-state index in [1.165, 1.54) is 25.7 Å². The van der Waals surface area contributed by atoms with Crippen molar-refractivity contribution in [2.24, 2.45) is 5.92 Å². The maximum Gasteiger partial charge on any atom is 0.223 e. The van der Waals surface area contributed by atoms with Gasteiger partial charge in [0, 0.05) is 32.6 Å². The van der Waals surface area contributed by atoms with Crippen LogP contribution in [0.1, 0.15) is 45.4 Å². The molecule has 18 heavy (non-hydrogen) atoms. The second kappa shape index (κ2) is 8.10. The van der Waals surface area contributed by atoms with Gasteiger partial charge < -0.3 is 10.2 Å². The number of carbonyl (C=O) groups excluding carboxylic acids is 1. The molecule has 0 aliphatic heterocycles. The molecule has 0 aromatic carbocycles. The highest BCUT2D eigenvalue weighted by Crippen LogP contribution is 2.23. The topological polar surface area (TPSA) is 56.1 Å². The molecule has 0 radical (unpaired) electrons. The van der Waals surface area contributed by atoms with Gasteiger partial charge in [-0.2, -0.15) is 5.26 Å². The highest BCUT2D eigenvalue weighted by Gasteiger charge is 2.20. The first kappa shape index (κ1) is 15.0. The van der Waals surface area contributed by atoms with E-state index in [1.54, 1.807) is 11.9 Å². The number of nitriles is 1. The molecular weight excluding hydrogens is 226 g/mol. The molecule has 1 fully saturated rings. The molecule has 1 rings (SSSR count). The molecule has 102 valence electrons. The van der Waals surface area contributed by atoms with Gasteiger partial charge in [-0.15, -0.1) is 0 Å². The summed E-state index contributed by atoms with van der Waals surface area (Å²) in [7, 11) is 1.77. The van der Waals surface area contributed by atoms with Gasteiger partial charge in [-0.3, -0.25) is 4.79 Å². The van der Waals surface area contributed by atoms with Crippen molar-refractivity contribution in [3.8, 4) is 6.07 Å². The van der Waals surface area contributed by atoms with Crippen molar-refractivity contribution in [2.45, 2.75) is 51.5 Å². The molecule has 0 spiro atoms. The molecule has 0 aromatic rings. The molecule has 2 atom stereocenters. The molecule has 1 aliphatic rings. The van der Waals surface area contributed by atoms with Crippen molar-refractivity contribution < 1.29 is 4.79 Å². The van der Waals surface area contributed by atoms with Crippen molar-refractivity contribution in [1.29, 1.82) is 5.26 Å². The van der Waals surface area contributed by atoms with Crippen molar-refractivity contribution in [2.75, 3.05) is 20.1 Å². The van der Waals surface area contributed by atoms with E-state index in [0.29, 0.717) is 25.4 Å². The van der Waals surface area contributed by atoms with Crippen molar-refractivity contribution >= 4 is 5.91 Å². The van der Waals surface area contributed by atoms with Crippen LogP contribution in [0.25, 0.3) is 0 Å². The first-order chi connectivity index (χ1) is 8.65. The lowest BCUT2D eigenvalue weighted by Crippen LogP contribution is -2.39. The summed E-state index contributed by atoms with van der Waals surface area (Å²) in [4.78, 5) is 13.4. The third-order valence-electron chi connectivity index (χ3n) is 3.84. The third kappa shape index (κ3) is 5.05. The number of hydrogen-bond acceptors (Lipinski definition) is 3. The Balaban J connectivity index is 2.16. The molecule has 1 aliphatic carbocycles. The van der Waals surface area contributed by atoms with E-state index in [2.05, 4.69) is 18.3 Å². The van der Waals surface area contributed by atoms with Gasteiger partial charge in [-0.05, 0) is 18.8 Å². The predicted molar refractivity (Wildman–Crippen MR) is 71.9 cm³/mol. The highest BCUT2D eigenvalue weighted by molar-refractivity contribution is 5.76. The van der Waals surface area contributed by atoms with Gasteiger partial charge in [0.25, 0.3) is 0 Å². The molecule has 0 aromatic heterocycles. The lowest BCUT2D eigenvalue weighted by molar-refractivity contribution is -0.129. The van der Waals surface area contributed by atoms with Crippen LogP contribution in [0.15, 0.2) is 0 Å². The molecule has 1 amide bonds. The standard InChI is InChI=1S/C14H25N3O/c1-12-6-3-4-7-13(12)16-10-8-14(18)17(2)11-5-9-15/h12-13,16H,3-8,10-11H2,1-2H3. The molecule has 0 heterocycles. The minimum Gasteiger partial charge on any atom is -0.345 e. The summed E-state index contributed by atoms with van der Waals surface area (Å²) in [5, 5.41) is 12.0. The maximum absolute atomic E-state index is 11.7. The molecule has 4 nitrogen and oxygen atoms in total. The van der Waals surface area contributed by atoms with Gasteiger partial charge in [0.05, 0.1) is 12.5 Å². The second-order valence-corrected chi connectivity index (χ2v) is 5.30. The summed E-state index contributed by atoms with van der Waals surface area (Å²) < 4.78 is 0. The quantitative estimate of drug-likeness (QED) is 0.784. The number of carbonyl (C=O) groups is 1. The van der Waals surface area contributed by atoms with Gasteiger partial charge in [-0.1, -0.05) is 19.8 Å². The summed E-state index contributed by atoms with van der Waals surface area (Å²) in [6.07, 6.45) is 6.13. The van der Waals surface area contributed by atoms with Crippen LogP contribution in [0.3, 0.4) is 0 Å². The summed E-state index contributed by atoms with van der Waals surface area (Å²) in [5.41, 5.74) is 0. The van der Waals surface area contributed by atoms with Crippen LogP contribution in [0.5, 0.6) is 0 Å². The minimum absolute atomic E-state index is 0.126. The lowest BCUT2D eigenvalue weighted by atomic mass is 9.86. The Hall–Kier alpha value is -1.08. The summed E-state index contributed by atoms with van der Waals surface area (Å²) in [6, 6.07) is 2.64. The Morgan fingerprint density at radius 3 is 2.83 bits per heavy atom.